The second-order valence-electron chi connectivity index (χ2n) is 9.22. The lowest BCUT2D eigenvalue weighted by atomic mass is 10.0. The van der Waals surface area contributed by atoms with Gasteiger partial charge in [-0.25, -0.2) is 14.4 Å². The number of carbonyl (C=O) groups excluding carboxylic acids is 3. The Morgan fingerprint density at radius 2 is 1.53 bits per heavy atom. The van der Waals surface area contributed by atoms with Gasteiger partial charge in [0.1, 0.15) is 21.8 Å². The minimum atomic E-state index is -0.935. The molecule has 0 spiro atoms. The lowest BCUT2D eigenvalue weighted by Crippen LogP contribution is -2.44. The van der Waals surface area contributed by atoms with Gasteiger partial charge in [-0.15, -0.1) is 11.3 Å². The summed E-state index contributed by atoms with van der Waals surface area (Å²) in [4.78, 5) is 39.9. The molecule has 0 fully saturated rings. The van der Waals surface area contributed by atoms with Crippen LogP contribution in [0.25, 0.3) is 11.1 Å². The summed E-state index contributed by atoms with van der Waals surface area (Å²) in [6.45, 7) is 13.9. The van der Waals surface area contributed by atoms with Crippen LogP contribution < -0.4 is 4.90 Å². The van der Waals surface area contributed by atoms with Crippen LogP contribution in [-0.4, -0.2) is 36.0 Å². The average molecular weight is 462 g/mol. The molecule has 0 radical (unpaired) electrons. The second-order valence-corrected chi connectivity index (χ2v) is 10.1. The molecule has 1 aromatic heterocycles. The number of imide groups is 1. The fourth-order valence-electron chi connectivity index (χ4n) is 2.79. The van der Waals surface area contributed by atoms with Crippen molar-refractivity contribution < 1.29 is 28.6 Å². The van der Waals surface area contributed by atoms with Crippen LogP contribution in [0.5, 0.6) is 0 Å². The fraction of sp³-hybridized carbons (Fsp3) is 0.458. The maximum Gasteiger partial charge on any atom is 0.425 e. The summed E-state index contributed by atoms with van der Waals surface area (Å²) < 4.78 is 16.2. The standard InChI is InChI=1S/C24H31NO6S/c1-9-29-20(26)18-17(16-12-10-11-15(2)13-16)14-32-19(18)25(21(27)30-23(3,4)5)22(28)31-24(6,7)8/h10-14H,9H2,1-8H3. The van der Waals surface area contributed by atoms with Crippen molar-refractivity contribution in [2.24, 2.45) is 0 Å². The number of thiophene rings is 1. The van der Waals surface area contributed by atoms with E-state index < -0.39 is 29.4 Å². The molecule has 0 bridgehead atoms. The topological polar surface area (TPSA) is 82.1 Å². The van der Waals surface area contributed by atoms with E-state index in [4.69, 9.17) is 14.2 Å². The van der Waals surface area contributed by atoms with Crippen LogP contribution in [0.2, 0.25) is 0 Å². The Labute approximate surface area is 193 Å². The summed E-state index contributed by atoms with van der Waals surface area (Å²) in [5.74, 6) is -0.641. The molecule has 32 heavy (non-hydrogen) atoms. The largest absolute Gasteiger partial charge is 0.462 e. The van der Waals surface area contributed by atoms with Crippen molar-refractivity contribution in [3.63, 3.8) is 0 Å². The molecule has 0 unspecified atom stereocenters. The fourth-order valence-corrected chi connectivity index (χ4v) is 3.84. The van der Waals surface area contributed by atoms with Gasteiger partial charge in [0, 0.05) is 10.9 Å². The normalized spacial score (nSPS) is 11.6. The molecule has 2 rings (SSSR count). The zero-order valence-corrected chi connectivity index (χ0v) is 20.7. The second kappa shape index (κ2) is 9.73. The predicted molar refractivity (Wildman–Crippen MR) is 125 cm³/mol. The van der Waals surface area contributed by atoms with Crippen molar-refractivity contribution in [2.45, 2.75) is 66.6 Å². The Morgan fingerprint density at radius 1 is 0.969 bits per heavy atom. The first-order chi connectivity index (χ1) is 14.7. The smallest absolute Gasteiger partial charge is 0.425 e. The highest BCUT2D eigenvalue weighted by molar-refractivity contribution is 7.15. The Balaban J connectivity index is 2.69. The van der Waals surface area contributed by atoms with E-state index in [-0.39, 0.29) is 17.2 Å². The Kier molecular flexibility index (Phi) is 7.72. The van der Waals surface area contributed by atoms with Gasteiger partial charge in [-0.2, -0.15) is 4.90 Å². The predicted octanol–water partition coefficient (Wildman–Crippen LogP) is 6.58. The van der Waals surface area contributed by atoms with E-state index in [0.29, 0.717) is 5.56 Å². The summed E-state index contributed by atoms with van der Waals surface area (Å²) in [6, 6.07) is 7.58. The highest BCUT2D eigenvalue weighted by Gasteiger charge is 2.37. The van der Waals surface area contributed by atoms with Crippen molar-refractivity contribution in [3.8, 4) is 11.1 Å². The Morgan fingerprint density at radius 3 is 2.00 bits per heavy atom. The molecule has 0 saturated heterocycles. The van der Waals surface area contributed by atoms with Crippen molar-refractivity contribution >= 4 is 34.5 Å². The van der Waals surface area contributed by atoms with Gasteiger partial charge in [0.25, 0.3) is 0 Å². The summed E-state index contributed by atoms with van der Waals surface area (Å²) in [6.07, 6.45) is -1.87. The first-order valence-corrected chi connectivity index (χ1v) is 11.2. The number of anilines is 1. The molecule has 8 heteroatoms. The number of aryl methyl sites for hydroxylation is 1. The van der Waals surface area contributed by atoms with Gasteiger partial charge >= 0.3 is 18.2 Å². The van der Waals surface area contributed by atoms with Crippen molar-refractivity contribution in [3.05, 3.63) is 40.8 Å². The number of rotatable bonds is 4. The zero-order valence-electron chi connectivity index (χ0n) is 19.9. The third kappa shape index (κ3) is 6.56. The number of amides is 2. The van der Waals surface area contributed by atoms with Crippen LogP contribution >= 0.6 is 11.3 Å². The molecule has 174 valence electrons. The quantitative estimate of drug-likeness (QED) is 0.378. The van der Waals surface area contributed by atoms with Gasteiger partial charge < -0.3 is 14.2 Å². The molecule has 0 N–H and O–H groups in total. The molecule has 2 aromatic rings. The van der Waals surface area contributed by atoms with E-state index in [0.717, 1.165) is 27.4 Å². The lowest BCUT2D eigenvalue weighted by molar-refractivity contribution is 0.0432. The molecular formula is C24H31NO6S. The molecule has 2 amide bonds. The van der Waals surface area contributed by atoms with Crippen LogP contribution in [0.15, 0.2) is 29.6 Å². The molecule has 1 aromatic carbocycles. The number of ether oxygens (including phenoxy) is 3. The maximum absolute atomic E-state index is 13.1. The summed E-state index contributed by atoms with van der Waals surface area (Å²) in [5.41, 5.74) is 0.712. The van der Waals surface area contributed by atoms with Crippen LogP contribution in [0.4, 0.5) is 14.6 Å². The summed E-state index contributed by atoms with van der Waals surface area (Å²) in [7, 11) is 0. The number of nitrogens with zero attached hydrogens (tertiary/aromatic N) is 1. The SMILES string of the molecule is CCOC(=O)c1c(-c2cccc(C)c2)csc1N(C(=O)OC(C)(C)C)C(=O)OC(C)(C)C. The van der Waals surface area contributed by atoms with Gasteiger partial charge in [-0.3, -0.25) is 0 Å². The number of hydrogen-bond donors (Lipinski definition) is 0. The molecule has 7 nitrogen and oxygen atoms in total. The van der Waals surface area contributed by atoms with Crippen LogP contribution in [-0.2, 0) is 14.2 Å². The van der Waals surface area contributed by atoms with Gasteiger partial charge in [-0.05, 0) is 61.0 Å². The minimum absolute atomic E-state index is 0.0865. The van der Waals surface area contributed by atoms with E-state index in [1.54, 1.807) is 53.8 Å². The van der Waals surface area contributed by atoms with Crippen molar-refractivity contribution in [2.75, 3.05) is 11.5 Å². The van der Waals surface area contributed by atoms with E-state index in [1.807, 2.05) is 31.2 Å². The van der Waals surface area contributed by atoms with Crippen molar-refractivity contribution in [1.29, 1.82) is 0 Å². The number of esters is 1. The Hall–Kier alpha value is -2.87. The first kappa shape index (κ1) is 25.4. The summed E-state index contributed by atoms with van der Waals surface area (Å²) in [5, 5.41) is 1.81. The van der Waals surface area contributed by atoms with Gasteiger partial charge in [0.15, 0.2) is 0 Å². The highest BCUT2D eigenvalue weighted by atomic mass is 32.1. The van der Waals surface area contributed by atoms with E-state index >= 15 is 0 Å². The van der Waals surface area contributed by atoms with E-state index in [9.17, 15) is 14.4 Å². The van der Waals surface area contributed by atoms with Crippen LogP contribution in [0.1, 0.15) is 64.4 Å². The average Bonchev–Trinajstić information content (AvgIpc) is 3.03. The zero-order chi connectivity index (χ0) is 24.3. The number of hydrogen-bond acceptors (Lipinski definition) is 7. The molecule has 0 aliphatic rings. The van der Waals surface area contributed by atoms with Crippen LogP contribution in [0, 0.1) is 6.92 Å². The van der Waals surface area contributed by atoms with Gasteiger partial charge in [0.05, 0.1) is 6.61 Å². The van der Waals surface area contributed by atoms with E-state index in [2.05, 4.69) is 0 Å². The third-order valence-corrected chi connectivity index (χ3v) is 4.90. The summed E-state index contributed by atoms with van der Waals surface area (Å²) >= 11 is 1.07. The molecule has 0 aliphatic carbocycles. The number of benzene rings is 1. The van der Waals surface area contributed by atoms with Gasteiger partial charge in [-0.1, -0.05) is 29.8 Å². The monoisotopic (exact) mass is 461 g/mol. The van der Waals surface area contributed by atoms with Crippen LogP contribution in [0.3, 0.4) is 0 Å². The first-order valence-electron chi connectivity index (χ1n) is 10.3. The van der Waals surface area contributed by atoms with E-state index in [1.165, 1.54) is 0 Å². The molecule has 1 heterocycles. The maximum atomic E-state index is 13.1. The van der Waals surface area contributed by atoms with Gasteiger partial charge in [0.2, 0.25) is 0 Å². The molecule has 0 saturated carbocycles. The molecule has 0 aliphatic heterocycles. The lowest BCUT2D eigenvalue weighted by Gasteiger charge is -2.28. The molecule has 0 atom stereocenters. The highest BCUT2D eigenvalue weighted by Crippen LogP contribution is 2.40. The molecular weight excluding hydrogens is 430 g/mol. The third-order valence-electron chi connectivity index (χ3n) is 3.94. The Bertz CT molecular complexity index is 969. The minimum Gasteiger partial charge on any atom is -0.462 e. The number of carbonyl (C=O) groups is 3. The van der Waals surface area contributed by atoms with Crippen molar-refractivity contribution in [1.82, 2.24) is 0 Å².